The Bertz CT molecular complexity index is 383. The molecule has 1 atom stereocenters. The zero-order valence-electron chi connectivity index (χ0n) is 10.7. The van der Waals surface area contributed by atoms with Crippen molar-refractivity contribution in [2.24, 2.45) is 0 Å². The molecule has 1 fully saturated rings. The van der Waals surface area contributed by atoms with Crippen LogP contribution in [0.5, 0.6) is 0 Å². The van der Waals surface area contributed by atoms with Gasteiger partial charge in [-0.05, 0) is 49.9 Å². The third-order valence-corrected chi connectivity index (χ3v) is 3.98. The monoisotopic (exact) mass is 264 g/mol. The summed E-state index contributed by atoms with van der Waals surface area (Å²) in [7, 11) is 0. The maximum Gasteiger partial charge on any atom is 0.251 e. The Morgan fingerprint density at radius 3 is 2.83 bits per heavy atom. The van der Waals surface area contributed by atoms with Gasteiger partial charge in [0.1, 0.15) is 0 Å². The normalized spacial score (nSPS) is 20.2. The summed E-state index contributed by atoms with van der Waals surface area (Å²) < 4.78 is 0. The SMILES string of the molecule is CSc1ccc(C(=O)NC2CCCCNC2)cc1. The van der Waals surface area contributed by atoms with Crippen molar-refractivity contribution in [3.05, 3.63) is 29.8 Å². The number of hydrogen-bond donors (Lipinski definition) is 2. The van der Waals surface area contributed by atoms with Crippen LogP contribution in [0.1, 0.15) is 29.6 Å². The molecule has 0 bridgehead atoms. The smallest absolute Gasteiger partial charge is 0.251 e. The summed E-state index contributed by atoms with van der Waals surface area (Å²) in [6, 6.07) is 8.03. The third kappa shape index (κ3) is 3.75. The second kappa shape index (κ2) is 6.81. The number of rotatable bonds is 3. The topological polar surface area (TPSA) is 41.1 Å². The average Bonchev–Trinajstić information content (AvgIpc) is 2.67. The number of amides is 1. The molecule has 2 N–H and O–H groups in total. The van der Waals surface area contributed by atoms with Crippen LogP contribution in [0, 0.1) is 0 Å². The molecule has 2 rings (SSSR count). The van der Waals surface area contributed by atoms with E-state index in [-0.39, 0.29) is 11.9 Å². The Morgan fingerprint density at radius 1 is 1.33 bits per heavy atom. The molecule has 0 aliphatic carbocycles. The van der Waals surface area contributed by atoms with Crippen LogP contribution >= 0.6 is 11.8 Å². The van der Waals surface area contributed by atoms with Crippen molar-refractivity contribution in [1.82, 2.24) is 10.6 Å². The molecule has 1 aliphatic heterocycles. The van der Waals surface area contributed by atoms with Gasteiger partial charge in [-0.2, -0.15) is 0 Å². The van der Waals surface area contributed by atoms with E-state index in [1.165, 1.54) is 17.7 Å². The molecule has 1 amide bonds. The number of carbonyl (C=O) groups is 1. The predicted molar refractivity (Wildman–Crippen MR) is 76.2 cm³/mol. The Kier molecular flexibility index (Phi) is 5.08. The van der Waals surface area contributed by atoms with Gasteiger partial charge in [-0.3, -0.25) is 4.79 Å². The number of hydrogen-bond acceptors (Lipinski definition) is 3. The van der Waals surface area contributed by atoms with Gasteiger partial charge in [-0.1, -0.05) is 6.42 Å². The van der Waals surface area contributed by atoms with Gasteiger partial charge in [-0.15, -0.1) is 11.8 Å². The van der Waals surface area contributed by atoms with E-state index in [4.69, 9.17) is 0 Å². The molecule has 1 unspecified atom stereocenters. The van der Waals surface area contributed by atoms with E-state index >= 15 is 0 Å². The molecule has 4 heteroatoms. The van der Waals surface area contributed by atoms with Crippen LogP contribution in [-0.2, 0) is 0 Å². The highest BCUT2D eigenvalue weighted by molar-refractivity contribution is 7.98. The predicted octanol–water partition coefficient (Wildman–Crippen LogP) is 2.28. The van der Waals surface area contributed by atoms with Gasteiger partial charge in [0.15, 0.2) is 0 Å². The van der Waals surface area contributed by atoms with E-state index in [0.29, 0.717) is 0 Å². The van der Waals surface area contributed by atoms with Crippen molar-refractivity contribution >= 4 is 17.7 Å². The van der Waals surface area contributed by atoms with Crippen LogP contribution < -0.4 is 10.6 Å². The molecule has 98 valence electrons. The lowest BCUT2D eigenvalue weighted by atomic mass is 10.1. The lowest BCUT2D eigenvalue weighted by Crippen LogP contribution is -2.40. The number of nitrogens with one attached hydrogen (secondary N) is 2. The summed E-state index contributed by atoms with van der Waals surface area (Å²) in [6.45, 7) is 1.95. The third-order valence-electron chi connectivity index (χ3n) is 3.23. The van der Waals surface area contributed by atoms with Gasteiger partial charge in [0, 0.05) is 23.0 Å². The molecule has 1 heterocycles. The summed E-state index contributed by atoms with van der Waals surface area (Å²) in [4.78, 5) is 13.3. The molecule has 0 spiro atoms. The average molecular weight is 264 g/mol. The summed E-state index contributed by atoms with van der Waals surface area (Å²) in [5.41, 5.74) is 0.747. The van der Waals surface area contributed by atoms with E-state index in [1.807, 2.05) is 30.5 Å². The standard InChI is InChI=1S/C14H20N2OS/c1-18-13-7-5-11(6-8-13)14(17)16-12-4-2-3-9-15-10-12/h5-8,12,15H,2-4,9-10H2,1H3,(H,16,17). The number of carbonyl (C=O) groups excluding carboxylic acids is 1. The van der Waals surface area contributed by atoms with Crippen molar-refractivity contribution in [3.63, 3.8) is 0 Å². The second-order valence-electron chi connectivity index (χ2n) is 4.60. The fourth-order valence-corrected chi connectivity index (χ4v) is 2.56. The van der Waals surface area contributed by atoms with Crippen molar-refractivity contribution in [2.75, 3.05) is 19.3 Å². The van der Waals surface area contributed by atoms with E-state index in [9.17, 15) is 4.79 Å². The maximum absolute atomic E-state index is 12.1. The molecule has 1 aliphatic rings. The first-order valence-corrected chi connectivity index (χ1v) is 7.67. The van der Waals surface area contributed by atoms with Gasteiger partial charge in [0.2, 0.25) is 0 Å². The Hall–Kier alpha value is -1.00. The van der Waals surface area contributed by atoms with Crippen LogP contribution in [-0.4, -0.2) is 31.3 Å². The first kappa shape index (κ1) is 13.4. The molecule has 0 saturated carbocycles. The fourth-order valence-electron chi connectivity index (χ4n) is 2.15. The molecule has 1 aromatic carbocycles. The largest absolute Gasteiger partial charge is 0.348 e. The Morgan fingerprint density at radius 2 is 2.11 bits per heavy atom. The Balaban J connectivity index is 1.93. The maximum atomic E-state index is 12.1. The van der Waals surface area contributed by atoms with Gasteiger partial charge in [0.25, 0.3) is 5.91 Å². The molecule has 3 nitrogen and oxygen atoms in total. The molecule has 18 heavy (non-hydrogen) atoms. The van der Waals surface area contributed by atoms with Gasteiger partial charge < -0.3 is 10.6 Å². The molecule has 0 radical (unpaired) electrons. The first-order valence-electron chi connectivity index (χ1n) is 6.45. The molecule has 1 aromatic rings. The summed E-state index contributed by atoms with van der Waals surface area (Å²) >= 11 is 1.69. The second-order valence-corrected chi connectivity index (χ2v) is 5.48. The highest BCUT2D eigenvalue weighted by atomic mass is 32.2. The molecular weight excluding hydrogens is 244 g/mol. The summed E-state index contributed by atoms with van der Waals surface area (Å²) in [6.07, 6.45) is 5.49. The minimum absolute atomic E-state index is 0.0383. The molecular formula is C14H20N2OS. The van der Waals surface area contributed by atoms with Crippen LogP contribution in [0.2, 0.25) is 0 Å². The van der Waals surface area contributed by atoms with Crippen molar-refractivity contribution < 1.29 is 4.79 Å². The van der Waals surface area contributed by atoms with Crippen molar-refractivity contribution in [3.8, 4) is 0 Å². The lowest BCUT2D eigenvalue weighted by Gasteiger charge is -2.16. The van der Waals surface area contributed by atoms with E-state index in [2.05, 4.69) is 10.6 Å². The minimum atomic E-state index is 0.0383. The minimum Gasteiger partial charge on any atom is -0.348 e. The lowest BCUT2D eigenvalue weighted by molar-refractivity contribution is 0.0935. The number of thioether (sulfide) groups is 1. The van der Waals surface area contributed by atoms with Crippen LogP contribution in [0.15, 0.2) is 29.2 Å². The zero-order valence-corrected chi connectivity index (χ0v) is 11.6. The summed E-state index contributed by atoms with van der Waals surface area (Å²) in [5, 5.41) is 6.46. The van der Waals surface area contributed by atoms with Crippen molar-refractivity contribution in [1.29, 1.82) is 0 Å². The van der Waals surface area contributed by atoms with E-state index < -0.39 is 0 Å². The van der Waals surface area contributed by atoms with Gasteiger partial charge in [-0.25, -0.2) is 0 Å². The first-order chi connectivity index (χ1) is 8.79. The van der Waals surface area contributed by atoms with Crippen LogP contribution in [0.3, 0.4) is 0 Å². The molecule has 0 aromatic heterocycles. The van der Waals surface area contributed by atoms with Crippen LogP contribution in [0.4, 0.5) is 0 Å². The highest BCUT2D eigenvalue weighted by Crippen LogP contribution is 2.15. The zero-order chi connectivity index (χ0) is 12.8. The fraction of sp³-hybridized carbons (Fsp3) is 0.500. The van der Waals surface area contributed by atoms with Crippen molar-refractivity contribution in [2.45, 2.75) is 30.2 Å². The number of benzene rings is 1. The summed E-state index contributed by atoms with van der Waals surface area (Å²) in [5.74, 6) is 0.0383. The highest BCUT2D eigenvalue weighted by Gasteiger charge is 2.15. The van der Waals surface area contributed by atoms with Gasteiger partial charge in [0.05, 0.1) is 0 Å². The Labute approximate surface area is 113 Å². The van der Waals surface area contributed by atoms with E-state index in [0.717, 1.165) is 25.1 Å². The van der Waals surface area contributed by atoms with Gasteiger partial charge >= 0.3 is 0 Å². The van der Waals surface area contributed by atoms with Crippen LogP contribution in [0.25, 0.3) is 0 Å². The quantitative estimate of drug-likeness (QED) is 0.823. The van der Waals surface area contributed by atoms with E-state index in [1.54, 1.807) is 11.8 Å². The molecule has 1 saturated heterocycles.